The van der Waals surface area contributed by atoms with Crippen LogP contribution in [0.5, 0.6) is 0 Å². The fourth-order valence-corrected chi connectivity index (χ4v) is 2.26. The molecule has 0 aromatic heterocycles. The number of halogens is 1. The second kappa shape index (κ2) is 4.59. The maximum Gasteiger partial charge on any atom is 0.154 e. The minimum Gasteiger partial charge on any atom is -0.338 e. The average Bonchev–Trinajstić information content (AvgIpc) is 2.24. The van der Waals surface area contributed by atoms with Crippen molar-refractivity contribution >= 4 is 21.6 Å². The molecule has 0 bridgehead atoms. The smallest absolute Gasteiger partial charge is 0.154 e. The van der Waals surface area contributed by atoms with Gasteiger partial charge >= 0.3 is 0 Å². The molecular formula is C13H18BrNO2. The first-order chi connectivity index (χ1) is 7.92. The number of hydrogen-bond donors (Lipinski definition) is 0. The summed E-state index contributed by atoms with van der Waals surface area (Å²) in [5, 5.41) is 0. The van der Waals surface area contributed by atoms with E-state index in [2.05, 4.69) is 60.7 Å². The van der Waals surface area contributed by atoms with Gasteiger partial charge in [-0.2, -0.15) is 0 Å². The quantitative estimate of drug-likeness (QED) is 0.740. The number of rotatable bonds is 1. The van der Waals surface area contributed by atoms with Crippen LogP contribution in [0.3, 0.4) is 0 Å². The van der Waals surface area contributed by atoms with Crippen molar-refractivity contribution in [3.8, 4) is 0 Å². The van der Waals surface area contributed by atoms with Gasteiger partial charge < -0.3 is 4.90 Å². The Morgan fingerprint density at radius 2 is 1.76 bits per heavy atom. The van der Waals surface area contributed by atoms with Gasteiger partial charge in [0.15, 0.2) is 6.73 Å². The Morgan fingerprint density at radius 3 is 2.29 bits per heavy atom. The van der Waals surface area contributed by atoms with Crippen molar-refractivity contribution in [3.05, 3.63) is 27.7 Å². The van der Waals surface area contributed by atoms with Gasteiger partial charge in [-0.3, -0.25) is 0 Å². The van der Waals surface area contributed by atoms with E-state index in [-0.39, 0.29) is 5.54 Å². The van der Waals surface area contributed by atoms with Crippen LogP contribution in [0.4, 0.5) is 5.69 Å². The molecule has 0 N–H and O–H groups in total. The molecule has 4 heteroatoms. The molecule has 3 nitrogen and oxygen atoms in total. The predicted octanol–water partition coefficient (Wildman–Crippen LogP) is 3.57. The molecule has 0 amide bonds. The first-order valence-electron chi connectivity index (χ1n) is 5.70. The molecule has 1 aromatic rings. The highest BCUT2D eigenvalue weighted by atomic mass is 79.9. The molecule has 0 spiro atoms. The molecule has 17 heavy (non-hydrogen) atoms. The van der Waals surface area contributed by atoms with Crippen molar-refractivity contribution in [1.29, 1.82) is 0 Å². The molecule has 1 aliphatic rings. The van der Waals surface area contributed by atoms with Crippen molar-refractivity contribution in [1.82, 2.24) is 0 Å². The van der Waals surface area contributed by atoms with Crippen molar-refractivity contribution in [2.24, 2.45) is 0 Å². The van der Waals surface area contributed by atoms with Gasteiger partial charge in [-0.05, 0) is 51.0 Å². The Bertz CT molecular complexity index is 408. The van der Waals surface area contributed by atoms with Crippen LogP contribution in [0.15, 0.2) is 16.6 Å². The summed E-state index contributed by atoms with van der Waals surface area (Å²) in [5.41, 5.74) is 3.60. The maximum atomic E-state index is 5.10. The van der Waals surface area contributed by atoms with Crippen molar-refractivity contribution in [2.75, 3.05) is 18.2 Å². The molecule has 0 unspecified atom stereocenters. The van der Waals surface area contributed by atoms with E-state index in [0.29, 0.717) is 13.3 Å². The van der Waals surface area contributed by atoms with Crippen molar-refractivity contribution in [3.63, 3.8) is 0 Å². The molecule has 0 aliphatic carbocycles. The Balaban J connectivity index is 2.39. The predicted molar refractivity (Wildman–Crippen MR) is 72.1 cm³/mol. The largest absolute Gasteiger partial charge is 0.338 e. The Kier molecular flexibility index (Phi) is 3.48. The Labute approximate surface area is 111 Å². The van der Waals surface area contributed by atoms with Crippen LogP contribution in [-0.4, -0.2) is 18.9 Å². The van der Waals surface area contributed by atoms with E-state index in [1.54, 1.807) is 0 Å². The number of aryl methyl sites for hydroxylation is 2. The zero-order valence-corrected chi connectivity index (χ0v) is 12.3. The molecule has 0 radical (unpaired) electrons. The molecule has 0 atom stereocenters. The summed E-state index contributed by atoms with van der Waals surface area (Å²) in [5.74, 6) is 0. The van der Waals surface area contributed by atoms with E-state index >= 15 is 0 Å². The lowest BCUT2D eigenvalue weighted by Crippen LogP contribution is -2.52. The van der Waals surface area contributed by atoms with Gasteiger partial charge in [0.05, 0.1) is 5.54 Å². The first-order valence-corrected chi connectivity index (χ1v) is 6.50. The first kappa shape index (κ1) is 12.9. The monoisotopic (exact) mass is 299 g/mol. The summed E-state index contributed by atoms with van der Waals surface area (Å²) in [4.78, 5) is 12.4. The highest BCUT2D eigenvalue weighted by molar-refractivity contribution is 9.10. The molecule has 1 saturated heterocycles. The number of hydrogen-bond acceptors (Lipinski definition) is 3. The molecule has 94 valence electrons. The SMILES string of the molecule is Cc1cc(N2COOCC2(C)C)cc(C)c1Br. The Hall–Kier alpha value is -0.580. The summed E-state index contributed by atoms with van der Waals surface area (Å²) < 4.78 is 1.17. The topological polar surface area (TPSA) is 21.7 Å². The Morgan fingerprint density at radius 1 is 1.18 bits per heavy atom. The fourth-order valence-electron chi connectivity index (χ4n) is 2.03. The van der Waals surface area contributed by atoms with Gasteiger partial charge in [-0.15, -0.1) is 0 Å². The minimum atomic E-state index is -0.0506. The average molecular weight is 300 g/mol. The van der Waals surface area contributed by atoms with Gasteiger partial charge in [-0.1, -0.05) is 15.9 Å². The van der Waals surface area contributed by atoms with Gasteiger partial charge in [0.1, 0.15) is 6.61 Å². The van der Waals surface area contributed by atoms with Crippen LogP contribution in [0.25, 0.3) is 0 Å². The lowest BCUT2D eigenvalue weighted by molar-refractivity contribution is -0.322. The number of benzene rings is 1. The van der Waals surface area contributed by atoms with Crippen LogP contribution in [-0.2, 0) is 9.78 Å². The summed E-state index contributed by atoms with van der Waals surface area (Å²) in [6, 6.07) is 4.35. The zero-order chi connectivity index (χ0) is 12.6. The maximum absolute atomic E-state index is 5.10. The van der Waals surface area contributed by atoms with Crippen LogP contribution in [0, 0.1) is 13.8 Å². The summed E-state index contributed by atoms with van der Waals surface area (Å²) in [6.07, 6.45) is 0. The van der Waals surface area contributed by atoms with Crippen LogP contribution in [0.1, 0.15) is 25.0 Å². The van der Waals surface area contributed by atoms with Crippen molar-refractivity contribution in [2.45, 2.75) is 33.2 Å². The zero-order valence-electron chi connectivity index (χ0n) is 10.7. The van der Waals surface area contributed by atoms with Gasteiger partial charge in [0, 0.05) is 10.2 Å². The molecule has 1 heterocycles. The third kappa shape index (κ3) is 2.49. The normalized spacial score (nSPS) is 19.5. The third-order valence-electron chi connectivity index (χ3n) is 3.14. The summed E-state index contributed by atoms with van der Waals surface area (Å²) >= 11 is 3.59. The van der Waals surface area contributed by atoms with Gasteiger partial charge in [0.2, 0.25) is 0 Å². The molecule has 0 saturated carbocycles. The lowest BCUT2D eigenvalue weighted by Gasteiger charge is -2.42. The van der Waals surface area contributed by atoms with E-state index in [1.807, 2.05) is 0 Å². The van der Waals surface area contributed by atoms with E-state index < -0.39 is 0 Å². The standard InChI is InChI=1S/C13H18BrNO2/c1-9-5-11(6-10(2)12(9)14)15-8-17-16-7-13(15,3)4/h5-6H,7-8H2,1-4H3. The minimum absolute atomic E-state index is 0.0506. The van der Waals surface area contributed by atoms with E-state index in [1.165, 1.54) is 21.3 Å². The second-order valence-electron chi connectivity index (χ2n) is 5.14. The van der Waals surface area contributed by atoms with Crippen LogP contribution < -0.4 is 4.90 Å². The number of anilines is 1. The molecule has 1 aromatic carbocycles. The lowest BCUT2D eigenvalue weighted by atomic mass is 10.0. The van der Waals surface area contributed by atoms with Crippen LogP contribution in [0.2, 0.25) is 0 Å². The molecule has 1 fully saturated rings. The van der Waals surface area contributed by atoms with E-state index in [0.717, 1.165) is 0 Å². The van der Waals surface area contributed by atoms with E-state index in [9.17, 15) is 0 Å². The van der Waals surface area contributed by atoms with Gasteiger partial charge in [0.25, 0.3) is 0 Å². The van der Waals surface area contributed by atoms with Crippen LogP contribution >= 0.6 is 15.9 Å². The molecular weight excluding hydrogens is 282 g/mol. The number of nitrogens with zero attached hydrogens (tertiary/aromatic N) is 1. The third-order valence-corrected chi connectivity index (χ3v) is 4.39. The van der Waals surface area contributed by atoms with E-state index in [4.69, 9.17) is 9.78 Å². The highest BCUT2D eigenvalue weighted by Gasteiger charge is 2.32. The molecule has 2 rings (SSSR count). The molecule has 1 aliphatic heterocycles. The second-order valence-corrected chi connectivity index (χ2v) is 5.94. The summed E-state index contributed by atoms with van der Waals surface area (Å²) in [7, 11) is 0. The summed E-state index contributed by atoms with van der Waals surface area (Å²) in [6.45, 7) is 9.56. The highest BCUT2D eigenvalue weighted by Crippen LogP contribution is 2.32. The fraction of sp³-hybridized carbons (Fsp3) is 0.538. The van der Waals surface area contributed by atoms with Gasteiger partial charge in [-0.25, -0.2) is 9.78 Å². The van der Waals surface area contributed by atoms with Crippen molar-refractivity contribution < 1.29 is 9.78 Å².